The number of anilines is 1. The number of nitrogens with one attached hydrogen (secondary N) is 2. The Morgan fingerprint density at radius 3 is 2.24 bits per heavy atom. The molecule has 2 aromatic rings. The molecule has 7 heteroatoms. The van der Waals surface area contributed by atoms with Crippen LogP contribution in [0.25, 0.3) is 0 Å². The second kappa shape index (κ2) is 10.8. The average molecular weight is 463 g/mol. The minimum atomic E-state index is -0.0974. The van der Waals surface area contributed by atoms with Gasteiger partial charge >= 0.3 is 0 Å². The van der Waals surface area contributed by atoms with Crippen molar-refractivity contribution in [2.45, 2.75) is 58.2 Å². The van der Waals surface area contributed by atoms with Gasteiger partial charge in [-0.05, 0) is 75.4 Å². The molecule has 0 aliphatic heterocycles. The van der Waals surface area contributed by atoms with Gasteiger partial charge in [0.1, 0.15) is 0 Å². The Labute approximate surface area is 201 Å². The van der Waals surface area contributed by atoms with Gasteiger partial charge in [0.25, 0.3) is 11.8 Å². The lowest BCUT2D eigenvalue weighted by Gasteiger charge is -2.22. The molecule has 2 N–H and O–H groups in total. The van der Waals surface area contributed by atoms with Crippen LogP contribution in [-0.2, 0) is 11.3 Å². The minimum absolute atomic E-state index is 0.0193. The first-order valence-electron chi connectivity index (χ1n) is 12.3. The summed E-state index contributed by atoms with van der Waals surface area (Å²) in [4.78, 5) is 41.6. The van der Waals surface area contributed by atoms with Gasteiger partial charge in [-0.25, -0.2) is 0 Å². The van der Waals surface area contributed by atoms with Gasteiger partial charge in [0.2, 0.25) is 5.91 Å². The van der Waals surface area contributed by atoms with Crippen molar-refractivity contribution < 1.29 is 14.4 Å². The summed E-state index contributed by atoms with van der Waals surface area (Å²) in [6.07, 6.45) is 4.31. The van der Waals surface area contributed by atoms with Crippen LogP contribution >= 0.6 is 0 Å². The molecule has 4 rings (SSSR count). The van der Waals surface area contributed by atoms with Gasteiger partial charge < -0.3 is 15.5 Å². The van der Waals surface area contributed by atoms with Crippen LogP contribution in [-0.4, -0.2) is 59.2 Å². The predicted molar refractivity (Wildman–Crippen MR) is 133 cm³/mol. The first-order chi connectivity index (χ1) is 16.5. The lowest BCUT2D eigenvalue weighted by atomic mass is 10.1. The van der Waals surface area contributed by atoms with E-state index in [-0.39, 0.29) is 24.3 Å². The highest BCUT2D eigenvalue weighted by atomic mass is 16.2. The number of carbonyl (C=O) groups excluding carboxylic acids is 3. The van der Waals surface area contributed by atoms with Gasteiger partial charge in [-0.15, -0.1) is 0 Å². The van der Waals surface area contributed by atoms with E-state index in [1.54, 1.807) is 23.1 Å². The largest absolute Gasteiger partial charge is 0.349 e. The van der Waals surface area contributed by atoms with E-state index in [4.69, 9.17) is 0 Å². The van der Waals surface area contributed by atoms with E-state index in [1.807, 2.05) is 44.2 Å². The quantitative estimate of drug-likeness (QED) is 0.534. The molecule has 2 fully saturated rings. The fourth-order valence-corrected chi connectivity index (χ4v) is 4.05. The molecule has 0 aromatic heterocycles. The number of carbonyl (C=O) groups is 3. The van der Waals surface area contributed by atoms with Crippen LogP contribution in [0, 0.1) is 0 Å². The second-order valence-corrected chi connectivity index (χ2v) is 9.19. The highest BCUT2D eigenvalue weighted by Gasteiger charge is 2.30. The molecule has 2 aliphatic rings. The van der Waals surface area contributed by atoms with Crippen LogP contribution in [0.5, 0.6) is 0 Å². The molecule has 180 valence electrons. The standard InChI is InChI=1S/C27H34N4O3/c1-3-30(4-2)27(34)21-6-5-7-23(16-21)28-25(32)18-31(24-14-15-24)17-19-8-10-20(11-9-19)26(33)29-22-12-13-22/h5-11,16,22,24H,3-4,12-15,17-18H2,1-2H3,(H,28,32)(H,29,33). The Kier molecular flexibility index (Phi) is 7.63. The third-order valence-electron chi connectivity index (χ3n) is 6.37. The summed E-state index contributed by atoms with van der Waals surface area (Å²) in [5, 5.41) is 5.96. The van der Waals surface area contributed by atoms with E-state index in [1.165, 1.54) is 0 Å². The number of hydrogen-bond acceptors (Lipinski definition) is 4. The van der Waals surface area contributed by atoms with E-state index in [0.717, 1.165) is 31.2 Å². The smallest absolute Gasteiger partial charge is 0.253 e. The summed E-state index contributed by atoms with van der Waals surface area (Å²) >= 11 is 0. The lowest BCUT2D eigenvalue weighted by Crippen LogP contribution is -2.34. The summed E-state index contributed by atoms with van der Waals surface area (Å²) in [6.45, 7) is 6.14. The molecule has 0 bridgehead atoms. The van der Waals surface area contributed by atoms with Crippen LogP contribution in [0.15, 0.2) is 48.5 Å². The normalized spacial score (nSPS) is 15.1. The highest BCUT2D eigenvalue weighted by Crippen LogP contribution is 2.28. The summed E-state index contributed by atoms with van der Waals surface area (Å²) < 4.78 is 0. The average Bonchev–Trinajstić information content (AvgIpc) is 3.75. The molecule has 0 radical (unpaired) electrons. The molecule has 34 heavy (non-hydrogen) atoms. The van der Waals surface area contributed by atoms with Crippen LogP contribution < -0.4 is 10.6 Å². The molecule has 2 aliphatic carbocycles. The van der Waals surface area contributed by atoms with Crippen LogP contribution in [0.4, 0.5) is 5.69 Å². The maximum Gasteiger partial charge on any atom is 0.253 e. The molecule has 0 saturated heterocycles. The molecule has 0 atom stereocenters. The third kappa shape index (κ3) is 6.44. The van der Waals surface area contributed by atoms with Gasteiger partial charge in [-0.3, -0.25) is 19.3 Å². The van der Waals surface area contributed by atoms with Crippen LogP contribution in [0.2, 0.25) is 0 Å². The maximum atomic E-state index is 12.8. The van der Waals surface area contributed by atoms with Gasteiger partial charge in [0.05, 0.1) is 6.54 Å². The Hall–Kier alpha value is -3.19. The molecule has 3 amide bonds. The molecular formula is C27H34N4O3. The van der Waals surface area contributed by atoms with Crippen molar-refractivity contribution >= 4 is 23.4 Å². The number of benzene rings is 2. The Balaban J connectivity index is 1.34. The van der Waals surface area contributed by atoms with Gasteiger partial charge in [0.15, 0.2) is 0 Å². The number of hydrogen-bond donors (Lipinski definition) is 2. The third-order valence-corrected chi connectivity index (χ3v) is 6.37. The lowest BCUT2D eigenvalue weighted by molar-refractivity contribution is -0.117. The number of amides is 3. The first kappa shape index (κ1) is 24.0. The van der Waals surface area contributed by atoms with Gasteiger partial charge in [-0.1, -0.05) is 18.2 Å². The number of rotatable bonds is 11. The number of nitrogens with zero attached hydrogens (tertiary/aromatic N) is 2. The molecule has 2 aromatic carbocycles. The van der Waals surface area contributed by atoms with E-state index < -0.39 is 0 Å². The Bertz CT molecular complexity index is 1020. The van der Waals surface area contributed by atoms with Crippen molar-refractivity contribution in [2.24, 2.45) is 0 Å². The van der Waals surface area contributed by atoms with Crippen molar-refractivity contribution in [3.8, 4) is 0 Å². The molecule has 0 unspecified atom stereocenters. The van der Waals surface area contributed by atoms with Crippen molar-refractivity contribution in [3.05, 3.63) is 65.2 Å². The predicted octanol–water partition coefficient (Wildman–Crippen LogP) is 3.66. The van der Waals surface area contributed by atoms with Crippen LogP contribution in [0.3, 0.4) is 0 Å². The zero-order valence-electron chi connectivity index (χ0n) is 20.0. The van der Waals surface area contributed by atoms with Crippen LogP contribution in [0.1, 0.15) is 65.8 Å². The Morgan fingerprint density at radius 2 is 1.62 bits per heavy atom. The second-order valence-electron chi connectivity index (χ2n) is 9.19. The van der Waals surface area contributed by atoms with E-state index in [9.17, 15) is 14.4 Å². The van der Waals surface area contributed by atoms with E-state index in [0.29, 0.717) is 48.5 Å². The summed E-state index contributed by atoms with van der Waals surface area (Å²) in [7, 11) is 0. The van der Waals surface area contributed by atoms with Crippen molar-refractivity contribution in [3.63, 3.8) is 0 Å². The van der Waals surface area contributed by atoms with Gasteiger partial charge in [-0.2, -0.15) is 0 Å². The van der Waals surface area contributed by atoms with Crippen molar-refractivity contribution in [1.29, 1.82) is 0 Å². The molecule has 0 spiro atoms. The molecule has 2 saturated carbocycles. The fourth-order valence-electron chi connectivity index (χ4n) is 4.05. The fraction of sp³-hybridized carbons (Fsp3) is 0.444. The monoisotopic (exact) mass is 462 g/mol. The van der Waals surface area contributed by atoms with Crippen molar-refractivity contribution in [1.82, 2.24) is 15.1 Å². The van der Waals surface area contributed by atoms with Gasteiger partial charge in [0, 0.05) is 48.5 Å². The zero-order chi connectivity index (χ0) is 24.1. The maximum absolute atomic E-state index is 12.8. The van der Waals surface area contributed by atoms with E-state index in [2.05, 4.69) is 15.5 Å². The molecule has 0 heterocycles. The molecular weight excluding hydrogens is 428 g/mol. The Morgan fingerprint density at radius 1 is 0.912 bits per heavy atom. The first-order valence-corrected chi connectivity index (χ1v) is 12.3. The van der Waals surface area contributed by atoms with E-state index >= 15 is 0 Å². The summed E-state index contributed by atoms with van der Waals surface area (Å²) in [5.41, 5.74) is 2.95. The summed E-state index contributed by atoms with van der Waals surface area (Å²) in [5.74, 6) is -0.149. The zero-order valence-corrected chi connectivity index (χ0v) is 20.0. The topological polar surface area (TPSA) is 81.8 Å². The highest BCUT2D eigenvalue weighted by molar-refractivity contribution is 5.97. The summed E-state index contributed by atoms with van der Waals surface area (Å²) in [6, 6.07) is 15.5. The van der Waals surface area contributed by atoms with Crippen molar-refractivity contribution in [2.75, 3.05) is 25.0 Å². The molecule has 7 nitrogen and oxygen atoms in total. The SMILES string of the molecule is CCN(CC)C(=O)c1cccc(NC(=O)CN(Cc2ccc(C(=O)NC3CC3)cc2)C2CC2)c1. The minimum Gasteiger partial charge on any atom is -0.349 e.